The Bertz CT molecular complexity index is 160. The highest BCUT2D eigenvalue weighted by Crippen LogP contribution is 2.09. The van der Waals surface area contributed by atoms with Gasteiger partial charge in [-0.25, -0.2) is 0 Å². The van der Waals surface area contributed by atoms with Crippen molar-refractivity contribution in [3.8, 4) is 0 Å². The Labute approximate surface area is 129 Å². The van der Waals surface area contributed by atoms with Gasteiger partial charge in [0.1, 0.15) is 0 Å². The quantitative estimate of drug-likeness (QED) is 0.343. The molecule has 1 atom stereocenters. The Kier molecular flexibility index (Phi) is 24.2. The van der Waals surface area contributed by atoms with E-state index in [0.29, 0.717) is 6.42 Å². The Morgan fingerprint density at radius 3 is 1.14 bits per heavy atom. The third-order valence-corrected chi connectivity index (χ3v) is 2.18. The van der Waals surface area contributed by atoms with Gasteiger partial charge in [-0.1, -0.05) is 0 Å². The highest BCUT2D eigenvalue weighted by atomic mass is 16.3. The van der Waals surface area contributed by atoms with E-state index in [2.05, 4.69) is 0 Å². The van der Waals surface area contributed by atoms with Crippen molar-refractivity contribution >= 4 is 0 Å². The van der Waals surface area contributed by atoms with Crippen LogP contribution in [0.15, 0.2) is 0 Å². The summed E-state index contributed by atoms with van der Waals surface area (Å²) < 4.78 is 0. The Morgan fingerprint density at radius 2 is 1.00 bits per heavy atom. The van der Waals surface area contributed by atoms with Crippen LogP contribution >= 0.6 is 0 Å². The first-order valence-electron chi connectivity index (χ1n) is 7.59. The van der Waals surface area contributed by atoms with Crippen LogP contribution < -0.4 is 0 Å². The summed E-state index contributed by atoms with van der Waals surface area (Å²) in [7, 11) is 0. The number of rotatable bonds is 9. The molecule has 21 heavy (non-hydrogen) atoms. The summed E-state index contributed by atoms with van der Waals surface area (Å²) in [6, 6.07) is 0. The monoisotopic (exact) mass is 312 g/mol. The van der Waals surface area contributed by atoms with Crippen LogP contribution in [0.1, 0.15) is 59.3 Å². The van der Waals surface area contributed by atoms with Crippen molar-refractivity contribution in [2.45, 2.75) is 71.0 Å². The molecular formula is C15H36O6. The topological polar surface area (TPSA) is 121 Å². The van der Waals surface area contributed by atoms with E-state index >= 15 is 0 Å². The maximum atomic E-state index is 9.03. The lowest BCUT2D eigenvalue weighted by atomic mass is 10.0. The Morgan fingerprint density at radius 1 is 0.714 bits per heavy atom. The summed E-state index contributed by atoms with van der Waals surface area (Å²) in [6.45, 7) is 5.92. The molecule has 6 nitrogen and oxygen atoms in total. The molecule has 0 spiro atoms. The first-order valence-corrected chi connectivity index (χ1v) is 7.59. The fourth-order valence-electron chi connectivity index (χ4n) is 1.35. The molecular weight excluding hydrogens is 276 g/mol. The first-order chi connectivity index (χ1) is 9.74. The number of aliphatic hydroxyl groups excluding tert-OH is 5. The van der Waals surface area contributed by atoms with Gasteiger partial charge in [0.15, 0.2) is 0 Å². The molecule has 0 amide bonds. The predicted molar refractivity (Wildman–Crippen MR) is 84.0 cm³/mol. The van der Waals surface area contributed by atoms with Crippen molar-refractivity contribution in [3.63, 3.8) is 0 Å². The molecule has 0 saturated heterocycles. The normalized spacial score (nSPS) is 11.9. The molecule has 0 aromatic heterocycles. The van der Waals surface area contributed by atoms with E-state index in [9.17, 15) is 0 Å². The molecule has 0 aromatic carbocycles. The lowest BCUT2D eigenvalue weighted by molar-refractivity contribution is 0.0249. The number of hydrogen-bond donors (Lipinski definition) is 6. The predicted octanol–water partition coefficient (Wildman–Crippen LogP) is 0.421. The zero-order valence-electron chi connectivity index (χ0n) is 13.8. The van der Waals surface area contributed by atoms with Crippen LogP contribution in [0.4, 0.5) is 0 Å². The van der Waals surface area contributed by atoms with Crippen molar-refractivity contribution < 1.29 is 30.6 Å². The van der Waals surface area contributed by atoms with E-state index in [4.69, 9.17) is 30.6 Å². The van der Waals surface area contributed by atoms with Crippen molar-refractivity contribution in [1.29, 1.82) is 0 Å². The molecule has 132 valence electrons. The van der Waals surface area contributed by atoms with Crippen LogP contribution in [-0.4, -0.2) is 68.8 Å². The van der Waals surface area contributed by atoms with Crippen molar-refractivity contribution in [2.75, 3.05) is 26.4 Å². The van der Waals surface area contributed by atoms with Gasteiger partial charge in [0.25, 0.3) is 0 Å². The van der Waals surface area contributed by atoms with Gasteiger partial charge in [-0.15, -0.1) is 0 Å². The zero-order chi connectivity index (χ0) is 17.1. The van der Waals surface area contributed by atoms with Crippen molar-refractivity contribution in [1.82, 2.24) is 0 Å². The van der Waals surface area contributed by atoms with Gasteiger partial charge in [0.2, 0.25) is 0 Å². The second kappa shape index (κ2) is 19.8. The third-order valence-electron chi connectivity index (χ3n) is 2.18. The van der Waals surface area contributed by atoms with Crippen LogP contribution in [0.2, 0.25) is 0 Å². The number of aliphatic hydroxyl groups is 6. The maximum Gasteiger partial charge on any atom is 0.0616 e. The molecule has 6 heteroatoms. The molecule has 0 aromatic rings. The summed E-state index contributed by atoms with van der Waals surface area (Å²) in [5, 5.41) is 50.4. The molecule has 0 aliphatic carbocycles. The maximum absolute atomic E-state index is 9.03. The van der Waals surface area contributed by atoms with Crippen LogP contribution in [0.25, 0.3) is 0 Å². The first kappa shape index (κ1) is 25.7. The van der Waals surface area contributed by atoms with E-state index in [1.54, 1.807) is 20.8 Å². The van der Waals surface area contributed by atoms with Crippen LogP contribution in [0.5, 0.6) is 0 Å². The molecule has 0 rings (SSSR count). The van der Waals surface area contributed by atoms with Crippen LogP contribution in [-0.2, 0) is 0 Å². The minimum atomic E-state index is -0.728. The van der Waals surface area contributed by atoms with Gasteiger partial charge < -0.3 is 30.6 Å². The van der Waals surface area contributed by atoms with Gasteiger partial charge in [-0.05, 0) is 52.9 Å². The summed E-state index contributed by atoms with van der Waals surface area (Å²) >= 11 is 0. The highest BCUT2D eigenvalue weighted by molar-refractivity contribution is 4.67. The summed E-state index contributed by atoms with van der Waals surface area (Å²) in [5.74, 6) is 0. The average Bonchev–Trinajstić information content (AvgIpc) is 2.35. The molecule has 6 N–H and O–H groups in total. The molecule has 0 radical (unpaired) electrons. The van der Waals surface area contributed by atoms with E-state index in [1.807, 2.05) is 0 Å². The molecule has 1 unspecified atom stereocenters. The summed E-state index contributed by atoms with van der Waals surface area (Å²) in [5.41, 5.74) is -0.728. The van der Waals surface area contributed by atoms with E-state index in [-0.39, 0.29) is 26.4 Å². The van der Waals surface area contributed by atoms with Gasteiger partial charge in [-0.2, -0.15) is 0 Å². The Hall–Kier alpha value is -0.240. The SMILES string of the molecule is CC(O)CC(C)(C)O.OCCCCCO.OCCCCO. The lowest BCUT2D eigenvalue weighted by Gasteiger charge is -2.17. The second-order valence-corrected chi connectivity index (χ2v) is 5.53. The fourth-order valence-corrected chi connectivity index (χ4v) is 1.35. The third kappa shape index (κ3) is 45.1. The standard InChI is InChI=1S/C6H14O2.C5H12O2.C4H10O2/c1-5(7)4-6(2,3)8;6-4-2-1-3-5-7;5-3-1-2-4-6/h5,7-8H,4H2,1-3H3;6-7H,1-5H2;5-6H,1-4H2. The van der Waals surface area contributed by atoms with Gasteiger partial charge in [-0.3, -0.25) is 0 Å². The average molecular weight is 312 g/mol. The molecule has 0 saturated carbocycles. The van der Waals surface area contributed by atoms with Gasteiger partial charge >= 0.3 is 0 Å². The lowest BCUT2D eigenvalue weighted by Crippen LogP contribution is -2.24. The van der Waals surface area contributed by atoms with E-state index in [1.165, 1.54) is 0 Å². The van der Waals surface area contributed by atoms with Gasteiger partial charge in [0.05, 0.1) is 11.7 Å². The van der Waals surface area contributed by atoms with Crippen molar-refractivity contribution in [2.24, 2.45) is 0 Å². The molecule has 0 aliphatic rings. The molecule has 0 aliphatic heterocycles. The van der Waals surface area contributed by atoms with Crippen LogP contribution in [0.3, 0.4) is 0 Å². The smallest absolute Gasteiger partial charge is 0.0616 e. The van der Waals surface area contributed by atoms with Crippen LogP contribution in [0, 0.1) is 0 Å². The molecule has 0 fully saturated rings. The number of hydrogen-bond acceptors (Lipinski definition) is 6. The number of unbranched alkanes of at least 4 members (excludes halogenated alkanes) is 3. The summed E-state index contributed by atoms with van der Waals surface area (Å²) in [4.78, 5) is 0. The zero-order valence-corrected chi connectivity index (χ0v) is 13.8. The minimum Gasteiger partial charge on any atom is -0.396 e. The van der Waals surface area contributed by atoms with Crippen molar-refractivity contribution in [3.05, 3.63) is 0 Å². The highest BCUT2D eigenvalue weighted by Gasteiger charge is 2.14. The molecule has 0 bridgehead atoms. The fraction of sp³-hybridized carbons (Fsp3) is 1.00. The minimum absolute atomic E-state index is 0.195. The Balaban J connectivity index is -0.000000234. The van der Waals surface area contributed by atoms with E-state index < -0.39 is 11.7 Å². The van der Waals surface area contributed by atoms with Gasteiger partial charge in [0, 0.05) is 32.8 Å². The largest absolute Gasteiger partial charge is 0.396 e. The molecule has 0 heterocycles. The van der Waals surface area contributed by atoms with E-state index in [0.717, 1.165) is 32.1 Å². The second-order valence-electron chi connectivity index (χ2n) is 5.53. The summed E-state index contributed by atoms with van der Waals surface area (Å²) in [6.07, 6.45) is 4.05.